The summed E-state index contributed by atoms with van der Waals surface area (Å²) in [5.74, 6) is 1.11. The third-order valence-corrected chi connectivity index (χ3v) is 10.2. The molecule has 4 aromatic rings. The van der Waals surface area contributed by atoms with Gasteiger partial charge in [0.25, 0.3) is 0 Å². The van der Waals surface area contributed by atoms with Gasteiger partial charge in [0.1, 0.15) is 17.0 Å². The highest BCUT2D eigenvalue weighted by molar-refractivity contribution is 7.22. The Labute approximate surface area is 239 Å². The van der Waals surface area contributed by atoms with Crippen LogP contribution in [-0.4, -0.2) is 46.0 Å². The number of carboxylic acid groups (broad SMARTS) is 1. The van der Waals surface area contributed by atoms with E-state index >= 15 is 0 Å². The van der Waals surface area contributed by atoms with E-state index in [-0.39, 0.29) is 6.10 Å². The maximum absolute atomic E-state index is 11.9. The first-order valence-electron chi connectivity index (χ1n) is 14.0. The predicted octanol–water partition coefficient (Wildman–Crippen LogP) is 6.83. The molecule has 2 saturated heterocycles. The van der Waals surface area contributed by atoms with Crippen molar-refractivity contribution in [1.82, 2.24) is 10.1 Å². The summed E-state index contributed by atoms with van der Waals surface area (Å²) in [5.41, 5.74) is 4.59. The van der Waals surface area contributed by atoms with Gasteiger partial charge in [0.05, 0.1) is 34.6 Å². The Hall–Kier alpha value is -3.14. The van der Waals surface area contributed by atoms with Crippen molar-refractivity contribution in [3.05, 3.63) is 57.8 Å². The average molecular weight is 578 g/mol. The molecule has 2 bridgehead atoms. The SMILES string of the molecule is O=C(O)c1cc2sc(N3[C@@H]4CC[C@H]3CC(OCc3c(-c5ccccc5Cl)noc3C3CC3)C4)nc2c2c1CCO2. The monoisotopic (exact) mass is 577 g/mol. The number of halogens is 1. The van der Waals surface area contributed by atoms with Gasteiger partial charge >= 0.3 is 5.97 Å². The molecule has 1 unspecified atom stereocenters. The van der Waals surface area contributed by atoms with Gasteiger partial charge in [-0.15, -0.1) is 0 Å². The molecule has 0 amide bonds. The minimum Gasteiger partial charge on any atom is -0.491 e. The highest BCUT2D eigenvalue weighted by Gasteiger charge is 2.43. The van der Waals surface area contributed by atoms with Gasteiger partial charge in [0, 0.05) is 41.1 Å². The molecule has 8 rings (SSSR count). The second-order valence-corrected chi connectivity index (χ2v) is 12.7. The van der Waals surface area contributed by atoms with Crippen molar-refractivity contribution in [2.45, 2.75) is 75.7 Å². The molecular formula is C30H28ClN3O5S. The molecule has 2 aromatic heterocycles. The number of thiazole rings is 1. The van der Waals surface area contributed by atoms with Crippen molar-refractivity contribution in [2.75, 3.05) is 11.5 Å². The van der Waals surface area contributed by atoms with E-state index in [9.17, 15) is 9.90 Å². The highest BCUT2D eigenvalue weighted by Crippen LogP contribution is 2.48. The molecule has 0 radical (unpaired) electrons. The van der Waals surface area contributed by atoms with Crippen LogP contribution in [0.25, 0.3) is 21.5 Å². The maximum atomic E-state index is 11.9. The number of hydrogen-bond acceptors (Lipinski definition) is 8. The lowest BCUT2D eigenvalue weighted by atomic mass is 10.00. The third kappa shape index (κ3) is 4.01. The predicted molar refractivity (Wildman–Crippen MR) is 152 cm³/mol. The van der Waals surface area contributed by atoms with E-state index in [2.05, 4.69) is 10.1 Å². The zero-order valence-electron chi connectivity index (χ0n) is 21.8. The Balaban J connectivity index is 1.03. The molecule has 5 heterocycles. The van der Waals surface area contributed by atoms with E-state index in [1.54, 1.807) is 17.4 Å². The molecule has 0 spiro atoms. The van der Waals surface area contributed by atoms with E-state index in [1.165, 1.54) is 0 Å². The second-order valence-electron chi connectivity index (χ2n) is 11.3. The minimum atomic E-state index is -0.910. The Morgan fingerprint density at radius 2 is 1.98 bits per heavy atom. The number of aromatic carboxylic acids is 1. The van der Waals surface area contributed by atoms with Crippen LogP contribution in [0.2, 0.25) is 5.02 Å². The standard InChI is InChI=1S/C30H28ClN3O5S/c31-23-4-2-1-3-20(23)25-22(27(39-33-25)15-5-6-15)14-38-18-11-16-7-8-17(12-18)34(16)30-32-26-24(40-30)13-21(29(35)36)19-9-10-37-28(19)26/h1-4,13,15-18H,5-12,14H2,(H,35,36)/t16-,17+,18?. The lowest BCUT2D eigenvalue weighted by Gasteiger charge is -2.38. The molecule has 40 heavy (non-hydrogen) atoms. The smallest absolute Gasteiger partial charge is 0.336 e. The molecule has 3 atom stereocenters. The first kappa shape index (κ1) is 24.6. The zero-order chi connectivity index (χ0) is 27.0. The molecule has 3 fully saturated rings. The normalized spacial score (nSPS) is 23.5. The lowest BCUT2D eigenvalue weighted by Crippen LogP contribution is -2.45. The first-order valence-corrected chi connectivity index (χ1v) is 15.2. The summed E-state index contributed by atoms with van der Waals surface area (Å²) < 4.78 is 19.2. The van der Waals surface area contributed by atoms with E-state index in [0.717, 1.165) is 82.0 Å². The minimum absolute atomic E-state index is 0.135. The number of carboxylic acids is 1. The van der Waals surface area contributed by atoms with Crippen LogP contribution in [0.5, 0.6) is 5.75 Å². The van der Waals surface area contributed by atoms with Crippen LogP contribution < -0.4 is 9.64 Å². The Bertz CT molecular complexity index is 1630. The zero-order valence-corrected chi connectivity index (χ0v) is 23.3. The largest absolute Gasteiger partial charge is 0.491 e. The molecule has 1 N–H and O–H groups in total. The summed E-state index contributed by atoms with van der Waals surface area (Å²) >= 11 is 8.09. The van der Waals surface area contributed by atoms with Crippen molar-refractivity contribution < 1.29 is 23.9 Å². The van der Waals surface area contributed by atoms with E-state index in [1.807, 2.05) is 24.3 Å². The number of carbonyl (C=O) groups is 1. The van der Waals surface area contributed by atoms with Crippen LogP contribution in [0.15, 0.2) is 34.9 Å². The summed E-state index contributed by atoms with van der Waals surface area (Å²) in [4.78, 5) is 19.3. The van der Waals surface area contributed by atoms with Gasteiger partial charge in [-0.05, 0) is 50.7 Å². The fourth-order valence-electron chi connectivity index (χ4n) is 6.79. The summed E-state index contributed by atoms with van der Waals surface area (Å²) in [7, 11) is 0. The number of ether oxygens (including phenoxy) is 2. The molecule has 1 saturated carbocycles. The molecule has 3 aliphatic heterocycles. The Morgan fingerprint density at radius 3 is 2.73 bits per heavy atom. The molecule has 1 aliphatic carbocycles. The van der Waals surface area contributed by atoms with Crippen molar-refractivity contribution in [2.24, 2.45) is 0 Å². The lowest BCUT2D eigenvalue weighted by molar-refractivity contribution is 0.0147. The summed E-state index contributed by atoms with van der Waals surface area (Å²) in [6.45, 7) is 0.963. The van der Waals surface area contributed by atoms with Crippen molar-refractivity contribution in [3.8, 4) is 17.0 Å². The summed E-state index contributed by atoms with van der Waals surface area (Å²) in [6.07, 6.45) is 7.03. The van der Waals surface area contributed by atoms with Gasteiger partial charge in [0.2, 0.25) is 0 Å². The molecule has 8 nitrogen and oxygen atoms in total. The van der Waals surface area contributed by atoms with Gasteiger partial charge in [-0.1, -0.05) is 46.3 Å². The van der Waals surface area contributed by atoms with Crippen molar-refractivity contribution in [1.29, 1.82) is 0 Å². The van der Waals surface area contributed by atoms with Crippen LogP contribution in [0.1, 0.15) is 71.7 Å². The maximum Gasteiger partial charge on any atom is 0.336 e. The van der Waals surface area contributed by atoms with Gasteiger partial charge in [0.15, 0.2) is 10.9 Å². The summed E-state index contributed by atoms with van der Waals surface area (Å²) in [5, 5.41) is 15.8. The second kappa shape index (κ2) is 9.46. The van der Waals surface area contributed by atoms with E-state index in [4.69, 9.17) is 30.6 Å². The number of benzene rings is 2. The van der Waals surface area contributed by atoms with Crippen LogP contribution in [0.4, 0.5) is 5.13 Å². The van der Waals surface area contributed by atoms with Crippen molar-refractivity contribution in [3.63, 3.8) is 0 Å². The topological polar surface area (TPSA) is 97.9 Å². The van der Waals surface area contributed by atoms with Crippen LogP contribution in [0, 0.1) is 0 Å². The molecule has 2 aromatic carbocycles. The fourth-order valence-corrected chi connectivity index (χ4v) is 8.17. The number of rotatable bonds is 7. The van der Waals surface area contributed by atoms with Gasteiger partial charge in [-0.2, -0.15) is 0 Å². The Morgan fingerprint density at radius 1 is 1.18 bits per heavy atom. The summed E-state index contributed by atoms with van der Waals surface area (Å²) in [6, 6.07) is 10.2. The fraction of sp³-hybridized carbons (Fsp3) is 0.433. The van der Waals surface area contributed by atoms with Crippen LogP contribution in [-0.2, 0) is 17.8 Å². The van der Waals surface area contributed by atoms with Crippen LogP contribution in [0.3, 0.4) is 0 Å². The van der Waals surface area contributed by atoms with Gasteiger partial charge < -0.3 is 24.0 Å². The van der Waals surface area contributed by atoms with Gasteiger partial charge in [-0.3, -0.25) is 0 Å². The average Bonchev–Trinajstić information content (AvgIpc) is 3.25. The van der Waals surface area contributed by atoms with Gasteiger partial charge in [-0.25, -0.2) is 9.78 Å². The Kier molecular flexibility index (Phi) is 5.83. The number of fused-ring (bicyclic) bond motifs is 5. The third-order valence-electron chi connectivity index (χ3n) is 8.83. The number of piperidine rings is 1. The molecule has 206 valence electrons. The van der Waals surface area contributed by atoms with Crippen LogP contribution >= 0.6 is 22.9 Å². The molecular weight excluding hydrogens is 550 g/mol. The van der Waals surface area contributed by atoms with E-state index in [0.29, 0.717) is 54.0 Å². The van der Waals surface area contributed by atoms with E-state index < -0.39 is 5.97 Å². The van der Waals surface area contributed by atoms with Crippen molar-refractivity contribution >= 4 is 44.3 Å². The number of nitrogens with zero attached hydrogens (tertiary/aromatic N) is 3. The molecule has 4 aliphatic rings. The molecule has 10 heteroatoms. The number of hydrogen-bond donors (Lipinski definition) is 1. The first-order chi connectivity index (χ1) is 19.5. The number of anilines is 1. The quantitative estimate of drug-likeness (QED) is 0.255. The highest BCUT2D eigenvalue weighted by atomic mass is 35.5. The number of aromatic nitrogens is 2.